The number of nitrogens with zero attached hydrogens (tertiary/aromatic N) is 1. The second kappa shape index (κ2) is 7.69. The lowest BCUT2D eigenvalue weighted by Gasteiger charge is -2.14. The van der Waals surface area contributed by atoms with Crippen molar-refractivity contribution in [2.45, 2.75) is 39.2 Å². The summed E-state index contributed by atoms with van der Waals surface area (Å²) in [6, 6.07) is 2.20. The Morgan fingerprint density at radius 2 is 2.42 bits per heavy atom. The molecule has 1 fully saturated rings. The summed E-state index contributed by atoms with van der Waals surface area (Å²) in [7, 11) is 0. The van der Waals surface area contributed by atoms with E-state index in [0.717, 1.165) is 18.0 Å². The van der Waals surface area contributed by atoms with Gasteiger partial charge in [0.15, 0.2) is 0 Å². The van der Waals surface area contributed by atoms with Crippen LogP contribution in [-0.2, 0) is 6.54 Å². The van der Waals surface area contributed by atoms with Crippen LogP contribution in [0.4, 0.5) is 0 Å². The Balaban J connectivity index is 1.82. The van der Waals surface area contributed by atoms with Crippen molar-refractivity contribution >= 4 is 11.3 Å². The van der Waals surface area contributed by atoms with Gasteiger partial charge in [0.1, 0.15) is 0 Å². The molecule has 1 N–H and O–H groups in total. The van der Waals surface area contributed by atoms with E-state index in [2.05, 4.69) is 35.1 Å². The Hall–Kier alpha value is -0.820. The second-order valence-electron chi connectivity index (χ2n) is 5.26. The van der Waals surface area contributed by atoms with Gasteiger partial charge in [-0.25, -0.2) is 0 Å². The topological polar surface area (TPSA) is 23.5 Å². The fourth-order valence-electron chi connectivity index (χ4n) is 2.67. The molecule has 2 rings (SSSR count). The first-order valence-corrected chi connectivity index (χ1v) is 8.09. The molecule has 0 radical (unpaired) electrons. The number of aliphatic hydroxyl groups excluding tert-OH is 1. The van der Waals surface area contributed by atoms with Crippen molar-refractivity contribution < 1.29 is 5.11 Å². The molecule has 0 saturated carbocycles. The molecule has 2 nitrogen and oxygen atoms in total. The second-order valence-corrected chi connectivity index (χ2v) is 6.25. The van der Waals surface area contributed by atoms with E-state index in [1.165, 1.54) is 37.2 Å². The maximum absolute atomic E-state index is 8.70. The molecule has 3 heteroatoms. The molecule has 1 aromatic rings. The largest absolute Gasteiger partial charge is 0.395 e. The van der Waals surface area contributed by atoms with Crippen LogP contribution in [-0.4, -0.2) is 29.7 Å². The first-order valence-electron chi connectivity index (χ1n) is 7.21. The standard InChI is InChI=1S/C16H23NOS/c1-2-5-14-7-8-17(11-14)12-16-10-15(13-19-16)6-3-4-9-18/h10,13-14,18H,2,4-5,7-9,11-12H2,1H3. The minimum Gasteiger partial charge on any atom is -0.395 e. The van der Waals surface area contributed by atoms with Gasteiger partial charge in [0.25, 0.3) is 0 Å². The van der Waals surface area contributed by atoms with Crippen molar-refractivity contribution in [2.24, 2.45) is 5.92 Å². The van der Waals surface area contributed by atoms with E-state index in [9.17, 15) is 0 Å². The van der Waals surface area contributed by atoms with Gasteiger partial charge in [-0.3, -0.25) is 4.90 Å². The van der Waals surface area contributed by atoms with Crippen molar-refractivity contribution in [3.63, 3.8) is 0 Å². The molecule has 1 aromatic heterocycles. The molecule has 2 heterocycles. The number of hydrogen-bond donors (Lipinski definition) is 1. The normalized spacial score (nSPS) is 19.4. The van der Waals surface area contributed by atoms with Crippen LogP contribution in [0.1, 0.15) is 43.0 Å². The van der Waals surface area contributed by atoms with Crippen molar-refractivity contribution in [3.05, 3.63) is 21.9 Å². The zero-order valence-electron chi connectivity index (χ0n) is 11.7. The van der Waals surface area contributed by atoms with Gasteiger partial charge >= 0.3 is 0 Å². The highest BCUT2D eigenvalue weighted by Crippen LogP contribution is 2.24. The first-order chi connectivity index (χ1) is 9.31. The van der Waals surface area contributed by atoms with Gasteiger partial charge in [-0.05, 0) is 31.4 Å². The van der Waals surface area contributed by atoms with E-state index in [-0.39, 0.29) is 6.61 Å². The summed E-state index contributed by atoms with van der Waals surface area (Å²) < 4.78 is 0. The van der Waals surface area contributed by atoms with E-state index in [4.69, 9.17) is 5.11 Å². The summed E-state index contributed by atoms with van der Waals surface area (Å²) in [5.74, 6) is 6.99. The first kappa shape index (κ1) is 14.6. The Kier molecular flexibility index (Phi) is 5.91. The number of hydrogen-bond acceptors (Lipinski definition) is 3. The summed E-state index contributed by atoms with van der Waals surface area (Å²) in [5.41, 5.74) is 1.10. The summed E-state index contributed by atoms with van der Waals surface area (Å²) in [6.45, 7) is 6.01. The third kappa shape index (κ3) is 4.65. The van der Waals surface area contributed by atoms with Crippen molar-refractivity contribution in [1.29, 1.82) is 0 Å². The fraction of sp³-hybridized carbons (Fsp3) is 0.625. The summed E-state index contributed by atoms with van der Waals surface area (Å²) in [6.07, 6.45) is 4.61. The molecule has 19 heavy (non-hydrogen) atoms. The molecule has 1 atom stereocenters. The SMILES string of the molecule is CCCC1CCN(Cc2cc(C#CCCO)cs2)C1. The Labute approximate surface area is 120 Å². The zero-order valence-corrected chi connectivity index (χ0v) is 12.5. The maximum atomic E-state index is 8.70. The van der Waals surface area contributed by atoms with Gasteiger partial charge in [-0.15, -0.1) is 11.3 Å². The molecule has 1 aliphatic rings. The molecule has 1 saturated heterocycles. The Morgan fingerprint density at radius 1 is 1.53 bits per heavy atom. The quantitative estimate of drug-likeness (QED) is 0.836. The van der Waals surface area contributed by atoms with Gasteiger partial charge in [-0.1, -0.05) is 25.2 Å². The third-order valence-corrected chi connectivity index (χ3v) is 4.49. The van der Waals surface area contributed by atoms with Gasteiger partial charge in [0.05, 0.1) is 6.61 Å². The number of thiophene rings is 1. The van der Waals surface area contributed by atoms with Crippen LogP contribution < -0.4 is 0 Å². The average molecular weight is 277 g/mol. The third-order valence-electron chi connectivity index (χ3n) is 3.57. The lowest BCUT2D eigenvalue weighted by atomic mass is 10.0. The van der Waals surface area contributed by atoms with Gasteiger partial charge < -0.3 is 5.11 Å². The zero-order chi connectivity index (χ0) is 13.5. The van der Waals surface area contributed by atoms with E-state index in [1.807, 2.05) is 0 Å². The molecule has 0 bridgehead atoms. The number of aliphatic hydroxyl groups is 1. The lowest BCUT2D eigenvalue weighted by molar-refractivity contribution is 0.305. The van der Waals surface area contributed by atoms with E-state index >= 15 is 0 Å². The number of likely N-dealkylation sites (tertiary alicyclic amines) is 1. The van der Waals surface area contributed by atoms with Crippen molar-refractivity contribution in [2.75, 3.05) is 19.7 Å². The van der Waals surface area contributed by atoms with Crippen LogP contribution in [0.25, 0.3) is 0 Å². The molecule has 1 unspecified atom stereocenters. The molecule has 0 amide bonds. The van der Waals surface area contributed by atoms with Crippen molar-refractivity contribution in [1.82, 2.24) is 4.90 Å². The van der Waals surface area contributed by atoms with Crippen LogP contribution in [0.5, 0.6) is 0 Å². The molecule has 104 valence electrons. The van der Waals surface area contributed by atoms with Crippen LogP contribution in [0.3, 0.4) is 0 Å². The molecule has 0 aliphatic carbocycles. The minimum absolute atomic E-state index is 0.149. The predicted molar refractivity (Wildman–Crippen MR) is 81.2 cm³/mol. The van der Waals surface area contributed by atoms with E-state index < -0.39 is 0 Å². The Morgan fingerprint density at radius 3 is 3.21 bits per heavy atom. The highest BCUT2D eigenvalue weighted by atomic mass is 32.1. The molecule has 0 aromatic carbocycles. The van der Waals surface area contributed by atoms with Crippen LogP contribution in [0, 0.1) is 17.8 Å². The van der Waals surface area contributed by atoms with Gasteiger partial charge in [0.2, 0.25) is 0 Å². The van der Waals surface area contributed by atoms with E-state index in [0.29, 0.717) is 6.42 Å². The van der Waals surface area contributed by atoms with Gasteiger partial charge in [0, 0.05) is 35.3 Å². The Bertz CT molecular complexity index is 443. The predicted octanol–water partition coefficient (Wildman–Crippen LogP) is 3.10. The number of rotatable bonds is 5. The van der Waals surface area contributed by atoms with Crippen molar-refractivity contribution in [3.8, 4) is 11.8 Å². The van der Waals surface area contributed by atoms with Crippen LogP contribution in [0.2, 0.25) is 0 Å². The van der Waals surface area contributed by atoms with Crippen LogP contribution in [0.15, 0.2) is 11.4 Å². The summed E-state index contributed by atoms with van der Waals surface area (Å²) >= 11 is 1.80. The average Bonchev–Trinajstić information content (AvgIpc) is 3.01. The van der Waals surface area contributed by atoms with E-state index in [1.54, 1.807) is 11.3 Å². The highest BCUT2D eigenvalue weighted by Gasteiger charge is 2.21. The van der Waals surface area contributed by atoms with Gasteiger partial charge in [-0.2, -0.15) is 0 Å². The molecule has 0 spiro atoms. The summed E-state index contributed by atoms with van der Waals surface area (Å²) in [4.78, 5) is 3.97. The fourth-order valence-corrected chi connectivity index (χ4v) is 3.53. The highest BCUT2D eigenvalue weighted by molar-refractivity contribution is 7.10. The minimum atomic E-state index is 0.149. The maximum Gasteiger partial charge on any atom is 0.0540 e. The molecule has 1 aliphatic heterocycles. The van der Waals surface area contributed by atoms with Crippen LogP contribution >= 0.6 is 11.3 Å². The molecular formula is C16H23NOS. The monoisotopic (exact) mass is 277 g/mol. The molecular weight excluding hydrogens is 254 g/mol. The smallest absolute Gasteiger partial charge is 0.0540 e. The summed E-state index contributed by atoms with van der Waals surface area (Å²) in [5, 5.41) is 10.8. The lowest BCUT2D eigenvalue weighted by Crippen LogP contribution is -2.19.